The number of carboxylic acids is 1. The van der Waals surface area contributed by atoms with Crippen molar-refractivity contribution >= 4 is 12.1 Å². The summed E-state index contributed by atoms with van der Waals surface area (Å²) in [5, 5.41) is 11.9. The summed E-state index contributed by atoms with van der Waals surface area (Å²) in [5.41, 5.74) is 1.52. The molecular weight excluding hydrogens is 270 g/mol. The van der Waals surface area contributed by atoms with E-state index in [4.69, 9.17) is 9.84 Å². The third-order valence-electron chi connectivity index (χ3n) is 3.48. The summed E-state index contributed by atoms with van der Waals surface area (Å²) < 4.78 is 5.25. The van der Waals surface area contributed by atoms with Crippen molar-refractivity contribution in [3.8, 4) is 0 Å². The van der Waals surface area contributed by atoms with Gasteiger partial charge < -0.3 is 15.2 Å². The van der Waals surface area contributed by atoms with E-state index in [1.807, 2.05) is 24.3 Å². The zero-order valence-corrected chi connectivity index (χ0v) is 12.6. The van der Waals surface area contributed by atoms with Crippen LogP contribution in [0.2, 0.25) is 0 Å². The largest absolute Gasteiger partial charge is 0.481 e. The lowest BCUT2D eigenvalue weighted by atomic mass is 9.95. The van der Waals surface area contributed by atoms with Crippen molar-refractivity contribution < 1.29 is 19.4 Å². The summed E-state index contributed by atoms with van der Waals surface area (Å²) in [7, 11) is 0. The predicted molar refractivity (Wildman–Crippen MR) is 78.3 cm³/mol. The predicted octanol–water partition coefficient (Wildman–Crippen LogP) is 2.69. The summed E-state index contributed by atoms with van der Waals surface area (Å²) in [6, 6.07) is 7.48. The Morgan fingerprint density at radius 2 is 2.00 bits per heavy atom. The number of benzene rings is 1. The van der Waals surface area contributed by atoms with Crippen LogP contribution >= 0.6 is 0 Å². The summed E-state index contributed by atoms with van der Waals surface area (Å²) in [4.78, 5) is 23.0. The van der Waals surface area contributed by atoms with E-state index in [1.165, 1.54) is 0 Å². The molecule has 21 heavy (non-hydrogen) atoms. The van der Waals surface area contributed by atoms with Crippen LogP contribution in [0, 0.1) is 0 Å². The number of nitrogens with one attached hydrogen (secondary N) is 1. The zero-order chi connectivity index (χ0) is 15.6. The van der Waals surface area contributed by atoms with Crippen molar-refractivity contribution in [1.82, 2.24) is 5.32 Å². The standard InChI is InChI=1S/C16H21NO4/c1-16(2,3)21-15(20)17-13-8-10-6-4-5-7-11(10)12(13)9-14(18)19/h4-7,12-13H,8-9H2,1-3H3,(H,17,20)(H,18,19)/t12-,13-/m1/s1. The van der Waals surface area contributed by atoms with E-state index in [2.05, 4.69) is 5.32 Å². The van der Waals surface area contributed by atoms with Crippen LogP contribution in [0.1, 0.15) is 44.2 Å². The highest BCUT2D eigenvalue weighted by Crippen LogP contribution is 2.35. The van der Waals surface area contributed by atoms with Crippen LogP contribution < -0.4 is 5.32 Å². The molecule has 5 nitrogen and oxygen atoms in total. The second-order valence-corrected chi connectivity index (χ2v) is 6.36. The number of rotatable bonds is 3. The van der Waals surface area contributed by atoms with E-state index in [9.17, 15) is 9.59 Å². The summed E-state index contributed by atoms with van der Waals surface area (Å²) in [6.45, 7) is 5.39. The van der Waals surface area contributed by atoms with Gasteiger partial charge in [0, 0.05) is 12.0 Å². The number of alkyl carbamates (subject to hydrolysis) is 1. The molecule has 0 bridgehead atoms. The first-order valence-electron chi connectivity index (χ1n) is 7.05. The molecule has 114 valence electrons. The number of aliphatic carboxylic acids is 1. The van der Waals surface area contributed by atoms with Gasteiger partial charge in [-0.2, -0.15) is 0 Å². The van der Waals surface area contributed by atoms with E-state index in [-0.39, 0.29) is 18.4 Å². The van der Waals surface area contributed by atoms with E-state index < -0.39 is 17.7 Å². The van der Waals surface area contributed by atoms with Crippen LogP contribution in [0.4, 0.5) is 4.79 Å². The van der Waals surface area contributed by atoms with Gasteiger partial charge in [0.1, 0.15) is 5.60 Å². The number of fused-ring (bicyclic) bond motifs is 1. The minimum absolute atomic E-state index is 0.00250. The SMILES string of the molecule is CC(C)(C)OC(=O)N[C@@H]1Cc2ccccc2[C@H]1CC(=O)O. The highest BCUT2D eigenvalue weighted by molar-refractivity contribution is 5.71. The molecular formula is C16H21NO4. The first-order chi connectivity index (χ1) is 9.76. The van der Waals surface area contributed by atoms with Gasteiger partial charge in [0.25, 0.3) is 0 Å². The Kier molecular flexibility index (Phi) is 4.21. The van der Waals surface area contributed by atoms with Gasteiger partial charge in [-0.1, -0.05) is 24.3 Å². The Morgan fingerprint density at radius 3 is 2.62 bits per heavy atom. The Morgan fingerprint density at radius 1 is 1.33 bits per heavy atom. The maximum Gasteiger partial charge on any atom is 0.407 e. The van der Waals surface area contributed by atoms with Crippen molar-refractivity contribution in [2.75, 3.05) is 0 Å². The fraction of sp³-hybridized carbons (Fsp3) is 0.500. The zero-order valence-electron chi connectivity index (χ0n) is 12.6. The second kappa shape index (κ2) is 5.76. The maximum atomic E-state index is 11.9. The van der Waals surface area contributed by atoms with Gasteiger partial charge in [-0.15, -0.1) is 0 Å². The molecule has 2 atom stereocenters. The van der Waals surface area contributed by atoms with E-state index in [0.29, 0.717) is 6.42 Å². The molecule has 0 saturated carbocycles. The van der Waals surface area contributed by atoms with Crippen molar-refractivity contribution in [3.63, 3.8) is 0 Å². The van der Waals surface area contributed by atoms with Crippen LogP contribution in [0.25, 0.3) is 0 Å². The Labute approximate surface area is 124 Å². The molecule has 2 N–H and O–H groups in total. The summed E-state index contributed by atoms with van der Waals surface area (Å²) in [6.07, 6.45) is 0.126. The molecule has 1 amide bonds. The lowest BCUT2D eigenvalue weighted by Crippen LogP contribution is -2.41. The molecule has 0 aliphatic heterocycles. The number of amides is 1. The van der Waals surface area contributed by atoms with E-state index in [0.717, 1.165) is 11.1 Å². The van der Waals surface area contributed by atoms with Gasteiger partial charge >= 0.3 is 12.1 Å². The van der Waals surface area contributed by atoms with Gasteiger partial charge in [-0.3, -0.25) is 4.79 Å². The van der Waals surface area contributed by atoms with Crippen molar-refractivity contribution in [1.29, 1.82) is 0 Å². The normalized spacial score (nSPS) is 20.7. The molecule has 0 unspecified atom stereocenters. The van der Waals surface area contributed by atoms with Crippen molar-refractivity contribution in [2.24, 2.45) is 0 Å². The molecule has 1 aromatic carbocycles. The molecule has 0 spiro atoms. The molecule has 0 fully saturated rings. The highest BCUT2D eigenvalue weighted by atomic mass is 16.6. The van der Waals surface area contributed by atoms with Gasteiger partial charge in [-0.05, 0) is 38.3 Å². The first kappa shape index (κ1) is 15.4. The number of hydrogen-bond acceptors (Lipinski definition) is 3. The van der Waals surface area contributed by atoms with E-state index >= 15 is 0 Å². The van der Waals surface area contributed by atoms with Crippen LogP contribution in [0.5, 0.6) is 0 Å². The Bertz CT molecular complexity index is 547. The van der Waals surface area contributed by atoms with Gasteiger partial charge in [-0.25, -0.2) is 4.79 Å². The molecule has 1 aliphatic carbocycles. The average molecular weight is 291 g/mol. The van der Waals surface area contributed by atoms with E-state index in [1.54, 1.807) is 20.8 Å². The fourth-order valence-corrected chi connectivity index (χ4v) is 2.73. The molecule has 0 heterocycles. The average Bonchev–Trinajstić information content (AvgIpc) is 2.64. The molecule has 0 radical (unpaired) electrons. The molecule has 0 saturated heterocycles. The van der Waals surface area contributed by atoms with Gasteiger partial charge in [0.2, 0.25) is 0 Å². The highest BCUT2D eigenvalue weighted by Gasteiger charge is 2.35. The number of carbonyl (C=O) groups excluding carboxylic acids is 1. The summed E-state index contributed by atoms with van der Waals surface area (Å²) >= 11 is 0. The smallest absolute Gasteiger partial charge is 0.407 e. The van der Waals surface area contributed by atoms with Crippen LogP contribution in [0.3, 0.4) is 0 Å². The number of carbonyl (C=O) groups is 2. The molecule has 1 aliphatic rings. The van der Waals surface area contributed by atoms with Gasteiger partial charge in [0.05, 0.1) is 6.42 Å². The first-order valence-corrected chi connectivity index (χ1v) is 7.05. The van der Waals surface area contributed by atoms with Crippen LogP contribution in [-0.2, 0) is 16.0 Å². The Balaban J connectivity index is 2.12. The Hall–Kier alpha value is -2.04. The maximum absolute atomic E-state index is 11.9. The molecule has 5 heteroatoms. The molecule has 1 aromatic rings. The molecule has 2 rings (SSSR count). The number of ether oxygens (including phenoxy) is 1. The summed E-state index contributed by atoms with van der Waals surface area (Å²) in [5.74, 6) is -1.08. The minimum atomic E-state index is -0.868. The topological polar surface area (TPSA) is 75.6 Å². The monoisotopic (exact) mass is 291 g/mol. The molecule has 0 aromatic heterocycles. The fourth-order valence-electron chi connectivity index (χ4n) is 2.73. The number of carboxylic acid groups (broad SMARTS) is 1. The van der Waals surface area contributed by atoms with Gasteiger partial charge in [0.15, 0.2) is 0 Å². The number of hydrogen-bond donors (Lipinski definition) is 2. The minimum Gasteiger partial charge on any atom is -0.481 e. The lowest BCUT2D eigenvalue weighted by molar-refractivity contribution is -0.137. The van der Waals surface area contributed by atoms with Crippen molar-refractivity contribution in [3.05, 3.63) is 35.4 Å². The third-order valence-corrected chi connectivity index (χ3v) is 3.48. The lowest BCUT2D eigenvalue weighted by Gasteiger charge is -2.24. The van der Waals surface area contributed by atoms with Crippen LogP contribution in [-0.4, -0.2) is 28.8 Å². The van der Waals surface area contributed by atoms with Crippen LogP contribution in [0.15, 0.2) is 24.3 Å². The quantitative estimate of drug-likeness (QED) is 0.897. The second-order valence-electron chi connectivity index (χ2n) is 6.36. The third kappa shape index (κ3) is 3.97. The van der Waals surface area contributed by atoms with Crippen molar-refractivity contribution in [2.45, 2.75) is 51.2 Å².